The van der Waals surface area contributed by atoms with Crippen LogP contribution >= 0.6 is 12.6 Å². The molecule has 1 N–H and O–H groups in total. The average molecular weight is 199 g/mol. The minimum absolute atomic E-state index is 0.339. The molecule has 0 amide bonds. The highest BCUT2D eigenvalue weighted by atomic mass is 32.1. The fourth-order valence-corrected chi connectivity index (χ4v) is 1.43. The highest BCUT2D eigenvalue weighted by Gasteiger charge is 2.08. The second-order valence-corrected chi connectivity index (χ2v) is 3.95. The molecule has 0 aromatic heterocycles. The Kier molecular flexibility index (Phi) is 7.10. The Hall–Kier alpha value is -0.210. The molecule has 0 saturated heterocycles. The molecule has 0 rings (SSSR count). The Morgan fingerprint density at radius 3 is 2.62 bits per heavy atom. The zero-order valence-corrected chi connectivity index (χ0v) is 9.77. The summed E-state index contributed by atoms with van der Waals surface area (Å²) in [6, 6.07) is 0. The van der Waals surface area contributed by atoms with Crippen LogP contribution in [0, 0.1) is 5.92 Å². The van der Waals surface area contributed by atoms with Gasteiger partial charge in [0.25, 0.3) is 0 Å². The van der Waals surface area contributed by atoms with E-state index in [0.717, 1.165) is 13.0 Å². The summed E-state index contributed by atoms with van der Waals surface area (Å²) in [6.07, 6.45) is 5.23. The smallest absolute Gasteiger partial charge is 0.0228 e. The lowest BCUT2D eigenvalue weighted by molar-refractivity contribution is 0.584. The highest BCUT2D eigenvalue weighted by molar-refractivity contribution is 7.81. The van der Waals surface area contributed by atoms with Gasteiger partial charge in [-0.3, -0.25) is 0 Å². The van der Waals surface area contributed by atoms with E-state index in [1.165, 1.54) is 5.57 Å². The van der Waals surface area contributed by atoms with Crippen molar-refractivity contribution in [2.24, 2.45) is 5.92 Å². The van der Waals surface area contributed by atoms with Gasteiger partial charge in [0, 0.05) is 11.8 Å². The fourth-order valence-electron chi connectivity index (χ4n) is 1.03. The molecule has 76 valence electrons. The van der Waals surface area contributed by atoms with Crippen molar-refractivity contribution in [1.82, 2.24) is 5.32 Å². The average Bonchev–Trinajstić information content (AvgIpc) is 2.15. The van der Waals surface area contributed by atoms with Crippen LogP contribution in [0.4, 0.5) is 0 Å². The minimum atomic E-state index is 0.339. The second kappa shape index (κ2) is 7.22. The van der Waals surface area contributed by atoms with Crippen LogP contribution in [0.15, 0.2) is 24.3 Å². The van der Waals surface area contributed by atoms with Crippen LogP contribution in [0.2, 0.25) is 0 Å². The lowest BCUT2D eigenvalue weighted by Crippen LogP contribution is -2.13. The molecule has 2 heteroatoms. The number of rotatable bonds is 6. The molecule has 0 aromatic rings. The van der Waals surface area contributed by atoms with E-state index >= 15 is 0 Å². The van der Waals surface area contributed by atoms with E-state index in [-0.39, 0.29) is 0 Å². The molecule has 0 radical (unpaired) electrons. The Morgan fingerprint density at radius 1 is 1.62 bits per heavy atom. The first-order valence-corrected chi connectivity index (χ1v) is 5.33. The standard InChI is InChI=1S/C11H21NS/c1-5-9(3)11(13)7-10(6-2)8-12-4/h6-7,9,11-13H,2,5,8H2,1,3-4H3/b10-7+. The maximum absolute atomic E-state index is 4.54. The summed E-state index contributed by atoms with van der Waals surface area (Å²) in [4.78, 5) is 0. The van der Waals surface area contributed by atoms with Gasteiger partial charge in [0.05, 0.1) is 0 Å². The number of likely N-dealkylation sites (N-methyl/N-ethyl adjacent to an activating group) is 1. The van der Waals surface area contributed by atoms with E-state index < -0.39 is 0 Å². The zero-order chi connectivity index (χ0) is 10.3. The Balaban J connectivity index is 4.22. The molecule has 2 atom stereocenters. The van der Waals surface area contributed by atoms with E-state index in [4.69, 9.17) is 0 Å². The first-order chi connectivity index (χ1) is 6.15. The molecule has 1 nitrogen and oxygen atoms in total. The third kappa shape index (κ3) is 5.17. The van der Waals surface area contributed by atoms with Crippen molar-refractivity contribution in [3.8, 4) is 0 Å². The molecule has 0 saturated carbocycles. The van der Waals surface area contributed by atoms with Crippen molar-refractivity contribution in [2.75, 3.05) is 13.6 Å². The highest BCUT2D eigenvalue weighted by Crippen LogP contribution is 2.16. The molecule has 2 unspecified atom stereocenters. The van der Waals surface area contributed by atoms with Crippen molar-refractivity contribution >= 4 is 12.6 Å². The molecule has 13 heavy (non-hydrogen) atoms. The Morgan fingerprint density at radius 2 is 2.23 bits per heavy atom. The topological polar surface area (TPSA) is 12.0 Å². The molecule has 0 fully saturated rings. The van der Waals surface area contributed by atoms with Crippen molar-refractivity contribution in [1.29, 1.82) is 0 Å². The summed E-state index contributed by atoms with van der Waals surface area (Å²) >= 11 is 4.54. The van der Waals surface area contributed by atoms with Crippen molar-refractivity contribution < 1.29 is 0 Å². The molecular weight excluding hydrogens is 178 g/mol. The third-order valence-corrected chi connectivity index (χ3v) is 2.91. The maximum atomic E-state index is 4.54. The van der Waals surface area contributed by atoms with Crippen LogP contribution in [0.5, 0.6) is 0 Å². The predicted octanol–water partition coefficient (Wildman–Crippen LogP) is 2.66. The van der Waals surface area contributed by atoms with Gasteiger partial charge in [-0.1, -0.05) is 39.0 Å². The van der Waals surface area contributed by atoms with Gasteiger partial charge in [-0.15, -0.1) is 0 Å². The summed E-state index contributed by atoms with van der Waals surface area (Å²) < 4.78 is 0. The van der Waals surface area contributed by atoms with Crippen LogP contribution in [-0.4, -0.2) is 18.8 Å². The molecule has 0 aromatic carbocycles. The molecule has 0 aliphatic heterocycles. The molecular formula is C11H21NS. The van der Waals surface area contributed by atoms with Gasteiger partial charge in [0.1, 0.15) is 0 Å². The van der Waals surface area contributed by atoms with Crippen LogP contribution < -0.4 is 5.32 Å². The number of thiol groups is 1. The summed E-state index contributed by atoms with van der Waals surface area (Å²) in [5.41, 5.74) is 1.22. The first kappa shape index (κ1) is 12.8. The number of hydrogen-bond donors (Lipinski definition) is 2. The van der Waals surface area contributed by atoms with Crippen molar-refractivity contribution in [2.45, 2.75) is 25.5 Å². The quantitative estimate of drug-likeness (QED) is 0.495. The summed E-state index contributed by atoms with van der Waals surface area (Å²) in [5, 5.41) is 3.45. The Labute approximate surface area is 87.7 Å². The molecule has 0 bridgehead atoms. The van der Waals surface area contributed by atoms with E-state index in [9.17, 15) is 0 Å². The summed E-state index contributed by atoms with van der Waals surface area (Å²) in [7, 11) is 1.94. The largest absolute Gasteiger partial charge is 0.316 e. The van der Waals surface area contributed by atoms with Gasteiger partial charge < -0.3 is 5.32 Å². The minimum Gasteiger partial charge on any atom is -0.316 e. The lowest BCUT2D eigenvalue weighted by Gasteiger charge is -2.14. The predicted molar refractivity (Wildman–Crippen MR) is 64.4 cm³/mol. The summed E-state index contributed by atoms with van der Waals surface area (Å²) in [6.45, 7) is 9.05. The van der Waals surface area contributed by atoms with Gasteiger partial charge in [-0.05, 0) is 18.5 Å². The van der Waals surface area contributed by atoms with Gasteiger partial charge in [-0.25, -0.2) is 0 Å². The van der Waals surface area contributed by atoms with E-state index in [1.54, 1.807) is 0 Å². The van der Waals surface area contributed by atoms with Gasteiger partial charge in [-0.2, -0.15) is 12.6 Å². The van der Waals surface area contributed by atoms with Gasteiger partial charge in [0.2, 0.25) is 0 Å². The molecule has 0 heterocycles. The van der Waals surface area contributed by atoms with Crippen LogP contribution in [-0.2, 0) is 0 Å². The SMILES string of the molecule is C=C/C(=C\C(S)C(C)CC)CNC. The molecule has 0 aliphatic rings. The second-order valence-electron chi connectivity index (χ2n) is 3.35. The zero-order valence-electron chi connectivity index (χ0n) is 8.88. The summed E-state index contributed by atoms with van der Waals surface area (Å²) in [5.74, 6) is 0.620. The fraction of sp³-hybridized carbons (Fsp3) is 0.636. The van der Waals surface area contributed by atoms with Crippen LogP contribution in [0.3, 0.4) is 0 Å². The van der Waals surface area contributed by atoms with Crippen molar-refractivity contribution in [3.63, 3.8) is 0 Å². The van der Waals surface area contributed by atoms with Crippen LogP contribution in [0.25, 0.3) is 0 Å². The Bertz CT molecular complexity index is 175. The lowest BCUT2D eigenvalue weighted by atomic mass is 10.0. The van der Waals surface area contributed by atoms with E-state index in [0.29, 0.717) is 11.2 Å². The van der Waals surface area contributed by atoms with E-state index in [1.807, 2.05) is 13.1 Å². The molecule has 0 spiro atoms. The van der Waals surface area contributed by atoms with E-state index in [2.05, 4.69) is 44.4 Å². The van der Waals surface area contributed by atoms with Gasteiger partial charge in [0.15, 0.2) is 0 Å². The number of hydrogen-bond acceptors (Lipinski definition) is 2. The first-order valence-electron chi connectivity index (χ1n) is 4.81. The van der Waals surface area contributed by atoms with Crippen LogP contribution in [0.1, 0.15) is 20.3 Å². The maximum Gasteiger partial charge on any atom is 0.0228 e. The van der Waals surface area contributed by atoms with Crippen molar-refractivity contribution in [3.05, 3.63) is 24.3 Å². The number of nitrogens with one attached hydrogen (secondary N) is 1. The molecule has 0 aliphatic carbocycles. The van der Waals surface area contributed by atoms with Gasteiger partial charge >= 0.3 is 0 Å². The third-order valence-electron chi connectivity index (χ3n) is 2.25. The normalized spacial score (nSPS) is 16.8. The monoisotopic (exact) mass is 199 g/mol.